The van der Waals surface area contributed by atoms with Crippen LogP contribution in [0.2, 0.25) is 0 Å². The van der Waals surface area contributed by atoms with E-state index in [-0.39, 0.29) is 17.1 Å². The van der Waals surface area contributed by atoms with Crippen LogP contribution in [0.25, 0.3) is 22.3 Å². The van der Waals surface area contributed by atoms with E-state index in [1.165, 1.54) is 30.1 Å². The zero-order valence-electron chi connectivity index (χ0n) is 19.8. The number of fused-ring (bicyclic) bond motifs is 1. The number of rotatable bonds is 7. The summed E-state index contributed by atoms with van der Waals surface area (Å²) >= 11 is 3.47. The van der Waals surface area contributed by atoms with Crippen molar-refractivity contribution < 1.29 is 14.4 Å². The van der Waals surface area contributed by atoms with Crippen molar-refractivity contribution >= 4 is 38.7 Å². The maximum atomic E-state index is 13.4. The molecule has 2 aromatic heterocycles. The first-order chi connectivity index (χ1) is 18.4. The van der Waals surface area contributed by atoms with Gasteiger partial charge < -0.3 is 9.47 Å². The molecule has 0 aliphatic heterocycles. The van der Waals surface area contributed by atoms with Gasteiger partial charge in [0.05, 0.1) is 33.6 Å². The average Bonchev–Trinajstić information content (AvgIpc) is 2.94. The summed E-state index contributed by atoms with van der Waals surface area (Å²) in [5.74, 6) is 1.23. The number of ether oxygens (including phenoxy) is 2. The van der Waals surface area contributed by atoms with Crippen molar-refractivity contribution in [2.75, 3.05) is 7.11 Å². The molecular weight excluding hydrogens is 554 g/mol. The summed E-state index contributed by atoms with van der Waals surface area (Å²) < 4.78 is 13.1. The Hall–Kier alpha value is -4.90. The Bertz CT molecular complexity index is 1740. The van der Waals surface area contributed by atoms with Crippen LogP contribution in [-0.2, 0) is 0 Å². The van der Waals surface area contributed by atoms with Gasteiger partial charge in [-0.2, -0.15) is 9.78 Å². The third-order valence-corrected chi connectivity index (χ3v) is 6.09. The van der Waals surface area contributed by atoms with Crippen molar-refractivity contribution in [3.63, 3.8) is 0 Å². The van der Waals surface area contributed by atoms with Crippen LogP contribution in [-0.4, -0.2) is 32.9 Å². The Labute approximate surface area is 224 Å². The van der Waals surface area contributed by atoms with Crippen molar-refractivity contribution in [2.45, 2.75) is 0 Å². The number of hydrogen-bond acceptors (Lipinski definition) is 8. The highest BCUT2D eigenvalue weighted by Crippen LogP contribution is 2.39. The van der Waals surface area contributed by atoms with Gasteiger partial charge in [0.15, 0.2) is 17.3 Å². The number of para-hydroxylation sites is 1. The minimum absolute atomic E-state index is 0.150. The van der Waals surface area contributed by atoms with Gasteiger partial charge in [-0.05, 0) is 45.8 Å². The molecule has 0 N–H and O–H groups in total. The molecule has 0 saturated heterocycles. The van der Waals surface area contributed by atoms with E-state index in [4.69, 9.17) is 14.5 Å². The molecule has 0 aliphatic rings. The summed E-state index contributed by atoms with van der Waals surface area (Å²) in [5.41, 5.74) is 1.47. The van der Waals surface area contributed by atoms with E-state index in [0.717, 1.165) is 11.8 Å². The minimum atomic E-state index is -0.541. The molecule has 0 spiro atoms. The van der Waals surface area contributed by atoms with Crippen LogP contribution in [0.1, 0.15) is 5.56 Å². The predicted molar refractivity (Wildman–Crippen MR) is 146 cm³/mol. The largest absolute Gasteiger partial charge is 0.493 e. The third kappa shape index (κ3) is 5.00. The van der Waals surface area contributed by atoms with Crippen molar-refractivity contribution in [3.05, 3.63) is 116 Å². The molecule has 0 radical (unpaired) electrons. The van der Waals surface area contributed by atoms with E-state index in [2.05, 4.69) is 26.0 Å². The highest BCUT2D eigenvalue weighted by molar-refractivity contribution is 9.10. The summed E-state index contributed by atoms with van der Waals surface area (Å²) in [5, 5.41) is 15.8. The number of aromatic nitrogens is 3. The van der Waals surface area contributed by atoms with Gasteiger partial charge in [-0.25, -0.2) is 9.97 Å². The minimum Gasteiger partial charge on any atom is -0.493 e. The molecule has 0 bridgehead atoms. The first kappa shape index (κ1) is 24.8. The number of methoxy groups -OCH3 is 1. The van der Waals surface area contributed by atoms with Gasteiger partial charge in [0.25, 0.3) is 11.2 Å². The van der Waals surface area contributed by atoms with Crippen molar-refractivity contribution in [2.24, 2.45) is 5.10 Å². The summed E-state index contributed by atoms with van der Waals surface area (Å²) in [6, 6.07) is 22.5. The molecule has 0 aliphatic carbocycles. The van der Waals surface area contributed by atoms with Gasteiger partial charge in [0, 0.05) is 17.7 Å². The molecule has 0 unspecified atom stereocenters. The lowest BCUT2D eigenvalue weighted by Crippen LogP contribution is -2.20. The fourth-order valence-electron chi connectivity index (χ4n) is 3.69. The molecular formula is C27H18BrN5O5. The van der Waals surface area contributed by atoms with E-state index in [0.29, 0.717) is 38.3 Å². The quantitative estimate of drug-likeness (QED) is 0.137. The number of pyridine rings is 1. The van der Waals surface area contributed by atoms with Crippen LogP contribution in [0.4, 0.5) is 5.69 Å². The third-order valence-electron chi connectivity index (χ3n) is 5.50. The molecule has 5 aromatic rings. The zero-order chi connectivity index (χ0) is 26.6. The van der Waals surface area contributed by atoms with Crippen molar-refractivity contribution in [1.29, 1.82) is 0 Å². The fourth-order valence-corrected chi connectivity index (χ4v) is 4.23. The van der Waals surface area contributed by atoms with E-state index in [1.807, 2.05) is 36.4 Å². The van der Waals surface area contributed by atoms with E-state index in [9.17, 15) is 14.9 Å². The molecule has 5 rings (SSSR count). The van der Waals surface area contributed by atoms with Crippen molar-refractivity contribution in [3.8, 4) is 28.8 Å². The van der Waals surface area contributed by atoms with Gasteiger partial charge >= 0.3 is 0 Å². The van der Waals surface area contributed by atoms with Crippen LogP contribution < -0.4 is 15.0 Å². The van der Waals surface area contributed by atoms with Crippen LogP contribution in [0, 0.1) is 10.1 Å². The lowest BCUT2D eigenvalue weighted by atomic mass is 10.2. The highest BCUT2D eigenvalue weighted by atomic mass is 79.9. The average molecular weight is 572 g/mol. The van der Waals surface area contributed by atoms with Gasteiger partial charge in [-0.15, -0.1) is 0 Å². The molecule has 188 valence electrons. The Morgan fingerprint density at radius 3 is 2.53 bits per heavy atom. The monoisotopic (exact) mass is 571 g/mol. The standard InChI is InChI=1S/C27H18BrN5O5/c1-37-23-14-17(13-21(28)25(23)38-24-12-11-19(16-29-24)33(35)36)15-30-32-26(18-7-3-2-4-8-18)31-22-10-6-5-9-20(22)27(32)34/h2-16H,1H3. The number of benzene rings is 3. The lowest BCUT2D eigenvalue weighted by molar-refractivity contribution is -0.385. The Kier molecular flexibility index (Phi) is 6.92. The van der Waals surface area contributed by atoms with E-state index in [1.54, 1.807) is 30.3 Å². The molecule has 10 nitrogen and oxygen atoms in total. The Morgan fingerprint density at radius 1 is 1.05 bits per heavy atom. The van der Waals surface area contributed by atoms with Gasteiger partial charge in [0.2, 0.25) is 5.88 Å². The first-order valence-corrected chi connectivity index (χ1v) is 12.0. The van der Waals surface area contributed by atoms with Crippen LogP contribution in [0.15, 0.2) is 99.4 Å². The number of nitrogens with zero attached hydrogens (tertiary/aromatic N) is 5. The molecule has 2 heterocycles. The second-order valence-corrected chi connectivity index (χ2v) is 8.78. The van der Waals surface area contributed by atoms with Crippen LogP contribution in [0.5, 0.6) is 17.4 Å². The summed E-state index contributed by atoms with van der Waals surface area (Å²) in [6.45, 7) is 0. The molecule has 0 fully saturated rings. The summed E-state index contributed by atoms with van der Waals surface area (Å²) in [7, 11) is 1.48. The number of hydrogen-bond donors (Lipinski definition) is 0. The number of halogens is 1. The lowest BCUT2D eigenvalue weighted by Gasteiger charge is -2.13. The van der Waals surface area contributed by atoms with Gasteiger partial charge in [0.1, 0.15) is 6.20 Å². The van der Waals surface area contributed by atoms with E-state index >= 15 is 0 Å². The maximum Gasteiger partial charge on any atom is 0.287 e. The Balaban J connectivity index is 1.53. The SMILES string of the molecule is COc1cc(C=Nn2c(-c3ccccc3)nc3ccccc3c2=O)cc(Br)c1Oc1ccc([N+](=O)[O-])cn1. The predicted octanol–water partition coefficient (Wildman–Crippen LogP) is 5.81. The normalized spacial score (nSPS) is 11.1. The molecule has 0 atom stereocenters. The zero-order valence-corrected chi connectivity index (χ0v) is 21.4. The Morgan fingerprint density at radius 2 is 1.82 bits per heavy atom. The van der Waals surface area contributed by atoms with Crippen LogP contribution >= 0.6 is 15.9 Å². The van der Waals surface area contributed by atoms with Gasteiger partial charge in [-0.3, -0.25) is 14.9 Å². The molecule has 3 aromatic carbocycles. The maximum absolute atomic E-state index is 13.4. The fraction of sp³-hybridized carbons (Fsp3) is 0.0370. The second-order valence-electron chi connectivity index (χ2n) is 7.93. The van der Waals surface area contributed by atoms with E-state index < -0.39 is 4.92 Å². The molecule has 11 heteroatoms. The summed E-state index contributed by atoms with van der Waals surface area (Å²) in [4.78, 5) is 32.4. The highest BCUT2D eigenvalue weighted by Gasteiger charge is 2.15. The van der Waals surface area contributed by atoms with Gasteiger partial charge in [-0.1, -0.05) is 42.5 Å². The second kappa shape index (κ2) is 10.6. The number of nitro groups is 1. The first-order valence-electron chi connectivity index (χ1n) is 11.2. The molecule has 0 saturated carbocycles. The van der Waals surface area contributed by atoms with Crippen LogP contribution in [0.3, 0.4) is 0 Å². The molecule has 0 amide bonds. The topological polar surface area (TPSA) is 122 Å². The molecule has 38 heavy (non-hydrogen) atoms. The smallest absolute Gasteiger partial charge is 0.287 e. The summed E-state index contributed by atoms with van der Waals surface area (Å²) in [6.07, 6.45) is 2.63. The van der Waals surface area contributed by atoms with Crippen molar-refractivity contribution in [1.82, 2.24) is 14.6 Å².